The van der Waals surface area contributed by atoms with E-state index >= 15 is 0 Å². The molecule has 2 aromatic rings. The molecular formula is C14H13Br2NS. The summed E-state index contributed by atoms with van der Waals surface area (Å²) in [5.41, 5.74) is 10.5. The molecule has 0 fully saturated rings. The molecule has 0 bridgehead atoms. The lowest BCUT2D eigenvalue weighted by molar-refractivity contribution is 0.498. The lowest BCUT2D eigenvalue weighted by atomic mass is 9.74. The fourth-order valence-corrected chi connectivity index (χ4v) is 5.61. The van der Waals surface area contributed by atoms with Gasteiger partial charge in [0.1, 0.15) is 0 Å². The van der Waals surface area contributed by atoms with Gasteiger partial charge in [-0.2, -0.15) is 0 Å². The third kappa shape index (κ3) is 2.31. The third-order valence-electron chi connectivity index (χ3n) is 3.58. The summed E-state index contributed by atoms with van der Waals surface area (Å²) in [5.74, 6) is 0.627. The van der Waals surface area contributed by atoms with Crippen molar-refractivity contribution in [3.05, 3.63) is 54.6 Å². The highest BCUT2D eigenvalue weighted by Gasteiger charge is 2.28. The van der Waals surface area contributed by atoms with Crippen molar-refractivity contribution in [2.45, 2.75) is 24.8 Å². The first kappa shape index (κ1) is 12.9. The summed E-state index contributed by atoms with van der Waals surface area (Å²) in [6, 6.07) is 10.9. The van der Waals surface area contributed by atoms with Crippen LogP contribution in [-0.4, -0.2) is 0 Å². The summed E-state index contributed by atoms with van der Waals surface area (Å²) < 4.78 is 2.28. The second kappa shape index (κ2) is 5.08. The van der Waals surface area contributed by atoms with Gasteiger partial charge in [0.05, 0.1) is 7.57 Å². The van der Waals surface area contributed by atoms with E-state index in [1.54, 1.807) is 11.3 Å². The van der Waals surface area contributed by atoms with Gasteiger partial charge >= 0.3 is 0 Å². The monoisotopic (exact) mass is 385 g/mol. The Bertz CT molecular complexity index is 579. The second-order valence-corrected chi connectivity index (χ2v) is 8.47. The highest BCUT2D eigenvalue weighted by Crippen LogP contribution is 2.43. The Hall–Kier alpha value is -0.160. The lowest BCUT2D eigenvalue weighted by Gasteiger charge is -2.32. The van der Waals surface area contributed by atoms with E-state index in [1.807, 2.05) is 0 Å². The van der Waals surface area contributed by atoms with E-state index in [4.69, 9.17) is 5.73 Å². The SMILES string of the molecule is NC(CC1Cc2ccccc21)c1cc(Br)sc1Br. The maximum Gasteiger partial charge on any atom is 0.0758 e. The number of rotatable bonds is 3. The minimum absolute atomic E-state index is 0.111. The van der Waals surface area contributed by atoms with Crippen molar-refractivity contribution in [1.82, 2.24) is 0 Å². The van der Waals surface area contributed by atoms with Crippen LogP contribution in [0.4, 0.5) is 0 Å². The van der Waals surface area contributed by atoms with Crippen LogP contribution in [0.25, 0.3) is 0 Å². The molecule has 2 unspecified atom stereocenters. The zero-order valence-electron chi connectivity index (χ0n) is 9.70. The Morgan fingerprint density at radius 1 is 1.33 bits per heavy atom. The van der Waals surface area contributed by atoms with Crippen LogP contribution in [-0.2, 0) is 6.42 Å². The molecule has 3 rings (SSSR count). The number of halogens is 2. The standard InChI is InChI=1S/C14H13Br2NS/c15-13-7-11(14(16)18-13)12(17)6-9-5-8-3-1-2-4-10(8)9/h1-4,7,9,12H,5-6,17H2. The van der Waals surface area contributed by atoms with Crippen molar-refractivity contribution in [2.24, 2.45) is 5.73 Å². The fraction of sp³-hybridized carbons (Fsp3) is 0.286. The number of hydrogen-bond acceptors (Lipinski definition) is 2. The molecule has 0 amide bonds. The van der Waals surface area contributed by atoms with Crippen molar-refractivity contribution in [3.8, 4) is 0 Å². The summed E-state index contributed by atoms with van der Waals surface area (Å²) in [6.07, 6.45) is 2.20. The average Bonchev–Trinajstić information content (AvgIpc) is 2.65. The first-order chi connectivity index (χ1) is 8.65. The Morgan fingerprint density at radius 2 is 2.11 bits per heavy atom. The van der Waals surface area contributed by atoms with E-state index in [0.29, 0.717) is 5.92 Å². The normalized spacial score (nSPS) is 19.2. The van der Waals surface area contributed by atoms with E-state index in [0.717, 1.165) is 14.0 Å². The Kier molecular flexibility index (Phi) is 3.63. The van der Waals surface area contributed by atoms with Crippen LogP contribution in [0, 0.1) is 0 Å². The third-order valence-corrected chi connectivity index (χ3v) is 5.97. The molecule has 2 atom stereocenters. The zero-order valence-corrected chi connectivity index (χ0v) is 13.7. The van der Waals surface area contributed by atoms with E-state index in [1.165, 1.54) is 23.1 Å². The summed E-state index contributed by atoms with van der Waals surface area (Å²) in [6.45, 7) is 0. The van der Waals surface area contributed by atoms with Crippen LogP contribution >= 0.6 is 43.2 Å². The molecule has 1 aliphatic rings. The second-order valence-electron chi connectivity index (χ2n) is 4.72. The number of hydrogen-bond donors (Lipinski definition) is 1. The van der Waals surface area contributed by atoms with Gasteiger partial charge in [0.2, 0.25) is 0 Å². The van der Waals surface area contributed by atoms with Crippen LogP contribution in [0.15, 0.2) is 37.9 Å². The van der Waals surface area contributed by atoms with Gasteiger partial charge in [-0.1, -0.05) is 24.3 Å². The molecule has 0 spiro atoms. The first-order valence-corrected chi connectivity index (χ1v) is 8.33. The van der Waals surface area contributed by atoms with Gasteiger partial charge in [-0.05, 0) is 73.4 Å². The first-order valence-electron chi connectivity index (χ1n) is 5.93. The summed E-state index contributed by atoms with van der Waals surface area (Å²) >= 11 is 8.78. The van der Waals surface area contributed by atoms with E-state index in [-0.39, 0.29) is 6.04 Å². The Morgan fingerprint density at radius 3 is 2.78 bits per heavy atom. The van der Waals surface area contributed by atoms with Crippen LogP contribution < -0.4 is 5.73 Å². The summed E-state index contributed by atoms with van der Waals surface area (Å²) in [7, 11) is 0. The average molecular weight is 387 g/mol. The number of nitrogens with two attached hydrogens (primary N) is 1. The van der Waals surface area contributed by atoms with Crippen LogP contribution in [0.2, 0.25) is 0 Å². The van der Waals surface area contributed by atoms with Gasteiger partial charge in [0.15, 0.2) is 0 Å². The van der Waals surface area contributed by atoms with Gasteiger partial charge in [0.25, 0.3) is 0 Å². The molecular weight excluding hydrogens is 374 g/mol. The van der Waals surface area contributed by atoms with E-state index in [2.05, 4.69) is 62.2 Å². The predicted molar refractivity (Wildman–Crippen MR) is 84.2 cm³/mol. The van der Waals surface area contributed by atoms with Crippen LogP contribution in [0.5, 0.6) is 0 Å². The molecule has 1 aromatic carbocycles. The molecule has 0 radical (unpaired) electrons. The quantitative estimate of drug-likeness (QED) is 0.788. The van der Waals surface area contributed by atoms with Crippen molar-refractivity contribution in [1.29, 1.82) is 0 Å². The smallest absolute Gasteiger partial charge is 0.0758 e. The Balaban J connectivity index is 1.74. The molecule has 94 valence electrons. The molecule has 0 saturated heterocycles. The molecule has 18 heavy (non-hydrogen) atoms. The van der Waals surface area contributed by atoms with Crippen molar-refractivity contribution in [2.75, 3.05) is 0 Å². The zero-order chi connectivity index (χ0) is 12.7. The molecule has 1 nitrogen and oxygen atoms in total. The van der Waals surface area contributed by atoms with Gasteiger partial charge in [-0.25, -0.2) is 0 Å². The van der Waals surface area contributed by atoms with Crippen molar-refractivity contribution >= 4 is 43.2 Å². The largest absolute Gasteiger partial charge is 0.324 e. The molecule has 1 heterocycles. The minimum atomic E-state index is 0.111. The molecule has 2 N–H and O–H groups in total. The molecule has 1 aliphatic carbocycles. The topological polar surface area (TPSA) is 26.0 Å². The fourth-order valence-electron chi connectivity index (χ4n) is 2.61. The van der Waals surface area contributed by atoms with Gasteiger partial charge in [0, 0.05) is 6.04 Å². The van der Waals surface area contributed by atoms with Crippen molar-refractivity contribution in [3.63, 3.8) is 0 Å². The highest BCUT2D eigenvalue weighted by atomic mass is 79.9. The van der Waals surface area contributed by atoms with E-state index < -0.39 is 0 Å². The number of fused-ring (bicyclic) bond motifs is 1. The van der Waals surface area contributed by atoms with Gasteiger partial charge in [-0.15, -0.1) is 11.3 Å². The van der Waals surface area contributed by atoms with Gasteiger partial charge in [-0.3, -0.25) is 0 Å². The highest BCUT2D eigenvalue weighted by molar-refractivity contribution is 9.12. The maximum atomic E-state index is 6.33. The van der Waals surface area contributed by atoms with Crippen molar-refractivity contribution < 1.29 is 0 Å². The summed E-state index contributed by atoms with van der Waals surface area (Å²) in [4.78, 5) is 0. The van der Waals surface area contributed by atoms with Gasteiger partial charge < -0.3 is 5.73 Å². The van der Waals surface area contributed by atoms with Crippen LogP contribution in [0.3, 0.4) is 0 Å². The van der Waals surface area contributed by atoms with E-state index in [9.17, 15) is 0 Å². The predicted octanol–water partition coefficient (Wildman–Crippen LogP) is 5.00. The minimum Gasteiger partial charge on any atom is -0.324 e. The maximum absolute atomic E-state index is 6.33. The summed E-state index contributed by atoms with van der Waals surface area (Å²) in [5, 5.41) is 0. The number of benzene rings is 1. The number of thiophene rings is 1. The molecule has 0 saturated carbocycles. The molecule has 0 aliphatic heterocycles. The van der Waals surface area contributed by atoms with Crippen LogP contribution in [0.1, 0.15) is 35.1 Å². The molecule has 4 heteroatoms. The lowest BCUT2D eigenvalue weighted by Crippen LogP contribution is -2.22. The Labute approximate surface area is 128 Å². The molecule has 1 aromatic heterocycles.